The van der Waals surface area contributed by atoms with Gasteiger partial charge in [-0.2, -0.15) is 0 Å². The zero-order valence-corrected chi connectivity index (χ0v) is 14.0. The average molecular weight is 317 g/mol. The van der Waals surface area contributed by atoms with Crippen molar-refractivity contribution in [2.75, 3.05) is 33.4 Å². The number of nitrogens with zero attached hydrogens (tertiary/aromatic N) is 3. The van der Waals surface area contributed by atoms with Crippen molar-refractivity contribution in [3.63, 3.8) is 0 Å². The van der Waals surface area contributed by atoms with Crippen LogP contribution < -0.4 is 0 Å². The van der Waals surface area contributed by atoms with Crippen molar-refractivity contribution in [2.45, 2.75) is 44.2 Å². The molecule has 5 nitrogen and oxygen atoms in total. The van der Waals surface area contributed by atoms with Crippen molar-refractivity contribution in [1.29, 1.82) is 0 Å². The summed E-state index contributed by atoms with van der Waals surface area (Å²) in [6, 6.07) is 5.89. The molecular formula is C18H27N3O2. The molecule has 126 valence electrons. The summed E-state index contributed by atoms with van der Waals surface area (Å²) >= 11 is 0. The van der Waals surface area contributed by atoms with E-state index in [9.17, 15) is 4.79 Å². The number of carbonyl (C=O) groups is 1. The van der Waals surface area contributed by atoms with Gasteiger partial charge in [0.25, 0.3) is 0 Å². The van der Waals surface area contributed by atoms with Gasteiger partial charge in [-0.3, -0.25) is 14.7 Å². The fourth-order valence-electron chi connectivity index (χ4n) is 4.00. The molecule has 2 fully saturated rings. The molecule has 2 saturated heterocycles. The van der Waals surface area contributed by atoms with Crippen LogP contribution in [-0.2, 0) is 16.1 Å². The van der Waals surface area contributed by atoms with Gasteiger partial charge in [0.2, 0.25) is 5.91 Å². The SMILES string of the molecule is COCCCN1CCCCC12CC(=O)N(Cc1ccccn1)C2. The van der Waals surface area contributed by atoms with Crippen molar-refractivity contribution in [3.8, 4) is 0 Å². The minimum atomic E-state index is 0.0395. The molecule has 1 spiro atoms. The fraction of sp³-hybridized carbons (Fsp3) is 0.667. The van der Waals surface area contributed by atoms with Crippen LogP contribution in [0.3, 0.4) is 0 Å². The first kappa shape index (κ1) is 16.4. The van der Waals surface area contributed by atoms with Crippen LogP contribution in [0.2, 0.25) is 0 Å². The van der Waals surface area contributed by atoms with Gasteiger partial charge in [-0.1, -0.05) is 12.5 Å². The topological polar surface area (TPSA) is 45.7 Å². The monoisotopic (exact) mass is 317 g/mol. The third-order valence-electron chi connectivity index (χ3n) is 5.16. The highest BCUT2D eigenvalue weighted by Crippen LogP contribution is 2.37. The highest BCUT2D eigenvalue weighted by molar-refractivity contribution is 5.80. The molecule has 23 heavy (non-hydrogen) atoms. The van der Waals surface area contributed by atoms with Gasteiger partial charge in [0.15, 0.2) is 0 Å². The maximum absolute atomic E-state index is 12.6. The van der Waals surface area contributed by atoms with Crippen molar-refractivity contribution in [1.82, 2.24) is 14.8 Å². The number of pyridine rings is 1. The third kappa shape index (κ3) is 3.72. The Hall–Kier alpha value is -1.46. The number of likely N-dealkylation sites (tertiary alicyclic amines) is 2. The number of ether oxygens (including phenoxy) is 1. The molecule has 0 aromatic carbocycles. The highest BCUT2D eigenvalue weighted by atomic mass is 16.5. The van der Waals surface area contributed by atoms with Crippen LogP contribution in [-0.4, -0.2) is 59.6 Å². The van der Waals surface area contributed by atoms with E-state index in [1.54, 1.807) is 13.3 Å². The van der Waals surface area contributed by atoms with Crippen molar-refractivity contribution in [2.24, 2.45) is 0 Å². The lowest BCUT2D eigenvalue weighted by atomic mass is 9.85. The molecular weight excluding hydrogens is 290 g/mol. The molecule has 0 aliphatic carbocycles. The number of amides is 1. The summed E-state index contributed by atoms with van der Waals surface area (Å²) < 4.78 is 5.19. The van der Waals surface area contributed by atoms with Crippen LogP contribution >= 0.6 is 0 Å². The van der Waals surface area contributed by atoms with E-state index in [4.69, 9.17) is 4.74 Å². The van der Waals surface area contributed by atoms with Gasteiger partial charge in [0.1, 0.15) is 0 Å². The summed E-state index contributed by atoms with van der Waals surface area (Å²) in [6.45, 7) is 4.40. The van der Waals surface area contributed by atoms with Crippen molar-refractivity contribution >= 4 is 5.91 Å². The maximum atomic E-state index is 12.6. The Labute approximate surface area is 138 Å². The summed E-state index contributed by atoms with van der Waals surface area (Å²) in [7, 11) is 1.75. The fourth-order valence-corrected chi connectivity index (χ4v) is 4.00. The second-order valence-electron chi connectivity index (χ2n) is 6.76. The lowest BCUT2D eigenvalue weighted by Gasteiger charge is -2.44. The number of carbonyl (C=O) groups excluding carboxylic acids is 1. The predicted octanol–water partition coefficient (Wildman–Crippen LogP) is 2.08. The largest absolute Gasteiger partial charge is 0.385 e. The highest BCUT2D eigenvalue weighted by Gasteiger charge is 2.47. The van der Waals surface area contributed by atoms with Gasteiger partial charge in [0.05, 0.1) is 12.2 Å². The summed E-state index contributed by atoms with van der Waals surface area (Å²) in [5.74, 6) is 0.272. The number of piperidine rings is 1. The van der Waals surface area contributed by atoms with E-state index in [0.29, 0.717) is 13.0 Å². The molecule has 3 rings (SSSR count). The molecule has 1 unspecified atom stereocenters. The second-order valence-corrected chi connectivity index (χ2v) is 6.76. The Morgan fingerprint density at radius 2 is 2.26 bits per heavy atom. The van der Waals surface area contributed by atoms with E-state index < -0.39 is 0 Å². The molecule has 2 aliphatic rings. The maximum Gasteiger partial charge on any atom is 0.224 e. The molecule has 0 bridgehead atoms. The van der Waals surface area contributed by atoms with Gasteiger partial charge >= 0.3 is 0 Å². The van der Waals surface area contributed by atoms with Crippen LogP contribution in [0, 0.1) is 0 Å². The minimum Gasteiger partial charge on any atom is -0.385 e. The number of methoxy groups -OCH3 is 1. The number of rotatable bonds is 6. The molecule has 1 atom stereocenters. The van der Waals surface area contributed by atoms with E-state index in [1.807, 2.05) is 23.1 Å². The summed E-state index contributed by atoms with van der Waals surface area (Å²) in [4.78, 5) is 21.5. The standard InChI is InChI=1S/C18H27N3O2/c1-23-12-6-11-21-10-5-3-8-18(21)13-17(22)20(15-18)14-16-7-2-4-9-19-16/h2,4,7,9H,3,5-6,8,10-15H2,1H3. The Kier molecular flexibility index (Phi) is 5.28. The van der Waals surface area contributed by atoms with Crippen LogP contribution in [0.5, 0.6) is 0 Å². The Morgan fingerprint density at radius 3 is 3.04 bits per heavy atom. The molecule has 0 N–H and O–H groups in total. The zero-order valence-electron chi connectivity index (χ0n) is 14.0. The summed E-state index contributed by atoms with van der Waals surface area (Å²) in [6.07, 6.45) is 7.09. The van der Waals surface area contributed by atoms with Gasteiger partial charge in [0, 0.05) is 45.0 Å². The lowest BCUT2D eigenvalue weighted by Crippen LogP contribution is -2.53. The number of hydrogen-bond donors (Lipinski definition) is 0. The Balaban J connectivity index is 1.67. The Morgan fingerprint density at radius 1 is 1.35 bits per heavy atom. The van der Waals surface area contributed by atoms with Crippen molar-refractivity contribution < 1.29 is 9.53 Å². The first-order chi connectivity index (χ1) is 11.2. The van der Waals surface area contributed by atoms with E-state index >= 15 is 0 Å². The zero-order chi connectivity index (χ0) is 16.1. The van der Waals surface area contributed by atoms with E-state index in [-0.39, 0.29) is 11.4 Å². The summed E-state index contributed by atoms with van der Waals surface area (Å²) in [5, 5.41) is 0. The van der Waals surface area contributed by atoms with Crippen LogP contribution in [0.25, 0.3) is 0 Å². The predicted molar refractivity (Wildman–Crippen MR) is 88.9 cm³/mol. The van der Waals surface area contributed by atoms with E-state index in [2.05, 4.69) is 9.88 Å². The smallest absolute Gasteiger partial charge is 0.224 e. The minimum absolute atomic E-state index is 0.0395. The molecule has 2 aliphatic heterocycles. The molecule has 1 amide bonds. The second kappa shape index (κ2) is 7.41. The van der Waals surface area contributed by atoms with Crippen molar-refractivity contribution in [3.05, 3.63) is 30.1 Å². The molecule has 5 heteroatoms. The van der Waals surface area contributed by atoms with E-state index in [1.165, 1.54) is 12.8 Å². The lowest BCUT2D eigenvalue weighted by molar-refractivity contribution is -0.128. The molecule has 3 heterocycles. The Bertz CT molecular complexity index is 522. The molecule has 1 aromatic rings. The molecule has 1 aromatic heterocycles. The van der Waals surface area contributed by atoms with Gasteiger partial charge in [-0.15, -0.1) is 0 Å². The molecule has 0 saturated carbocycles. The number of hydrogen-bond acceptors (Lipinski definition) is 4. The molecule has 0 radical (unpaired) electrons. The van der Waals surface area contributed by atoms with Crippen LogP contribution in [0.1, 0.15) is 37.8 Å². The van der Waals surface area contributed by atoms with Gasteiger partial charge in [-0.25, -0.2) is 0 Å². The number of aromatic nitrogens is 1. The summed E-state index contributed by atoms with van der Waals surface area (Å²) in [5.41, 5.74) is 1.01. The first-order valence-electron chi connectivity index (χ1n) is 8.65. The van der Waals surface area contributed by atoms with Crippen LogP contribution in [0.4, 0.5) is 0 Å². The van der Waals surface area contributed by atoms with Gasteiger partial charge in [-0.05, 0) is 37.9 Å². The normalized spacial score (nSPS) is 25.4. The van der Waals surface area contributed by atoms with Crippen LogP contribution in [0.15, 0.2) is 24.4 Å². The first-order valence-corrected chi connectivity index (χ1v) is 8.65. The van der Waals surface area contributed by atoms with Gasteiger partial charge < -0.3 is 9.64 Å². The van der Waals surface area contributed by atoms with E-state index in [0.717, 1.165) is 44.8 Å². The average Bonchev–Trinajstić information content (AvgIpc) is 2.87. The quantitative estimate of drug-likeness (QED) is 0.754. The third-order valence-corrected chi connectivity index (χ3v) is 5.16.